The molecular formula is C15H20O4. The van der Waals surface area contributed by atoms with Crippen LogP contribution < -0.4 is 4.74 Å². The first-order chi connectivity index (χ1) is 8.91. The average molecular weight is 264 g/mol. The van der Waals surface area contributed by atoms with Crippen molar-refractivity contribution in [2.24, 2.45) is 0 Å². The molecule has 0 aliphatic rings. The van der Waals surface area contributed by atoms with Crippen LogP contribution in [-0.4, -0.2) is 17.0 Å². The van der Waals surface area contributed by atoms with E-state index in [4.69, 9.17) is 4.74 Å². The lowest BCUT2D eigenvalue weighted by Gasteiger charge is -2.27. The first kappa shape index (κ1) is 15.2. The third-order valence-electron chi connectivity index (χ3n) is 3.24. The van der Waals surface area contributed by atoms with Crippen LogP contribution in [-0.2, 0) is 15.0 Å². The molecule has 4 heteroatoms. The second-order valence-corrected chi connectivity index (χ2v) is 4.83. The van der Waals surface area contributed by atoms with Crippen LogP contribution in [0, 0.1) is 0 Å². The molecule has 1 N–H and O–H groups in total. The lowest BCUT2D eigenvalue weighted by molar-refractivity contribution is -0.144. The van der Waals surface area contributed by atoms with Gasteiger partial charge in [-0.15, -0.1) is 0 Å². The molecule has 4 nitrogen and oxygen atoms in total. The Morgan fingerprint density at radius 3 is 2.47 bits per heavy atom. The van der Waals surface area contributed by atoms with Crippen LogP contribution in [0.4, 0.5) is 0 Å². The molecule has 1 atom stereocenters. The monoisotopic (exact) mass is 264 g/mol. The Hall–Kier alpha value is -1.84. The summed E-state index contributed by atoms with van der Waals surface area (Å²) < 4.78 is 5.12. The van der Waals surface area contributed by atoms with Crippen LogP contribution in [0.25, 0.3) is 0 Å². The first-order valence-corrected chi connectivity index (χ1v) is 6.43. The Bertz CT molecular complexity index is 467. The zero-order chi connectivity index (χ0) is 14.5. The summed E-state index contributed by atoms with van der Waals surface area (Å²) in [5.41, 5.74) is -0.492. The van der Waals surface area contributed by atoms with Crippen molar-refractivity contribution >= 4 is 11.9 Å². The number of para-hydroxylation sites is 1. The third-order valence-corrected chi connectivity index (χ3v) is 3.24. The molecule has 0 bridgehead atoms. The van der Waals surface area contributed by atoms with E-state index >= 15 is 0 Å². The Kier molecular flexibility index (Phi) is 5.10. The van der Waals surface area contributed by atoms with Crippen LogP contribution in [0.3, 0.4) is 0 Å². The van der Waals surface area contributed by atoms with Gasteiger partial charge in [-0.3, -0.25) is 9.59 Å². The van der Waals surface area contributed by atoms with Crippen molar-refractivity contribution in [3.05, 3.63) is 29.8 Å². The summed E-state index contributed by atoms with van der Waals surface area (Å²) in [4.78, 5) is 22.7. The zero-order valence-corrected chi connectivity index (χ0v) is 11.6. The maximum Gasteiger partial charge on any atom is 0.313 e. The number of rotatable bonds is 6. The number of esters is 1. The fraction of sp³-hybridized carbons (Fsp3) is 0.467. The maximum atomic E-state index is 11.6. The van der Waals surface area contributed by atoms with Gasteiger partial charge in [0, 0.05) is 12.5 Å². The number of carbonyl (C=O) groups is 2. The summed E-state index contributed by atoms with van der Waals surface area (Å²) in [6, 6.07) is 6.82. The number of hydrogen-bond acceptors (Lipinski definition) is 3. The lowest BCUT2D eigenvalue weighted by Crippen LogP contribution is -2.33. The summed E-state index contributed by atoms with van der Waals surface area (Å²) in [6.45, 7) is 4.99. The molecule has 0 aliphatic heterocycles. The highest BCUT2D eigenvalue weighted by atomic mass is 16.5. The number of benzene rings is 1. The number of carboxylic acid groups (broad SMARTS) is 1. The summed E-state index contributed by atoms with van der Waals surface area (Å²) >= 11 is 0. The van der Waals surface area contributed by atoms with Gasteiger partial charge in [0.25, 0.3) is 0 Å². The quantitative estimate of drug-likeness (QED) is 0.633. The second-order valence-electron chi connectivity index (χ2n) is 4.83. The van der Waals surface area contributed by atoms with E-state index in [0.29, 0.717) is 17.7 Å². The topological polar surface area (TPSA) is 63.6 Å². The van der Waals surface area contributed by atoms with Crippen LogP contribution in [0.15, 0.2) is 24.3 Å². The van der Waals surface area contributed by atoms with Crippen molar-refractivity contribution in [3.8, 4) is 5.75 Å². The number of carboxylic acids is 1. The summed E-state index contributed by atoms with van der Waals surface area (Å²) in [6.07, 6.45) is 2.23. The van der Waals surface area contributed by atoms with Gasteiger partial charge in [-0.1, -0.05) is 38.0 Å². The van der Waals surface area contributed by atoms with Gasteiger partial charge in [-0.25, -0.2) is 0 Å². The molecule has 1 aromatic carbocycles. The van der Waals surface area contributed by atoms with Gasteiger partial charge in [0.1, 0.15) is 5.75 Å². The largest absolute Gasteiger partial charge is 0.481 e. The van der Waals surface area contributed by atoms with Crippen molar-refractivity contribution in [1.82, 2.24) is 0 Å². The molecule has 0 radical (unpaired) electrons. The van der Waals surface area contributed by atoms with Gasteiger partial charge in [0.15, 0.2) is 0 Å². The van der Waals surface area contributed by atoms with Gasteiger partial charge in [-0.2, -0.15) is 0 Å². The Morgan fingerprint density at radius 2 is 1.95 bits per heavy atom. The average Bonchev–Trinajstić information content (AvgIpc) is 2.35. The minimum Gasteiger partial charge on any atom is -0.481 e. The van der Waals surface area contributed by atoms with Gasteiger partial charge >= 0.3 is 11.9 Å². The molecule has 104 valence electrons. The minimum atomic E-state index is -1.04. The second kappa shape index (κ2) is 6.36. The van der Waals surface area contributed by atoms with E-state index in [1.54, 1.807) is 31.2 Å². The van der Waals surface area contributed by atoms with E-state index in [-0.39, 0.29) is 0 Å². The highest BCUT2D eigenvalue weighted by molar-refractivity contribution is 5.82. The number of hydrogen-bond donors (Lipinski definition) is 1. The third kappa shape index (κ3) is 3.56. The Labute approximate surface area is 113 Å². The van der Waals surface area contributed by atoms with Crippen LogP contribution in [0.2, 0.25) is 0 Å². The fourth-order valence-electron chi connectivity index (χ4n) is 2.05. The minimum absolute atomic E-state index is 0.330. The first-order valence-electron chi connectivity index (χ1n) is 6.43. The molecule has 0 spiro atoms. The van der Waals surface area contributed by atoms with E-state index in [0.717, 1.165) is 12.8 Å². The van der Waals surface area contributed by atoms with E-state index < -0.39 is 17.4 Å². The number of carbonyl (C=O) groups excluding carboxylic acids is 1. The van der Waals surface area contributed by atoms with E-state index in [1.807, 2.05) is 6.92 Å². The summed E-state index contributed by atoms with van der Waals surface area (Å²) in [7, 11) is 0. The summed E-state index contributed by atoms with van der Waals surface area (Å²) in [5, 5.41) is 9.53. The van der Waals surface area contributed by atoms with Crippen molar-refractivity contribution < 1.29 is 19.4 Å². The molecule has 0 amide bonds. The molecular weight excluding hydrogens is 244 g/mol. The van der Waals surface area contributed by atoms with Crippen LogP contribution >= 0.6 is 0 Å². The standard InChI is InChI=1S/C15H20O4/c1-4-5-10-15(3,14(17)18)12-8-6-7-9-13(12)19-11(2)16/h6-9H,4-5,10H2,1-3H3,(H,17,18). The molecule has 0 saturated heterocycles. The van der Waals surface area contributed by atoms with Gasteiger partial charge in [-0.05, 0) is 19.4 Å². The smallest absolute Gasteiger partial charge is 0.313 e. The highest BCUT2D eigenvalue weighted by Crippen LogP contribution is 2.36. The highest BCUT2D eigenvalue weighted by Gasteiger charge is 2.37. The molecule has 0 aromatic heterocycles. The molecule has 1 rings (SSSR count). The predicted octanol–water partition coefficient (Wildman–Crippen LogP) is 3.14. The zero-order valence-electron chi connectivity index (χ0n) is 11.6. The van der Waals surface area contributed by atoms with Crippen molar-refractivity contribution in [1.29, 1.82) is 0 Å². The van der Waals surface area contributed by atoms with Crippen LogP contribution in [0.5, 0.6) is 5.75 Å². The number of aliphatic carboxylic acids is 1. The SMILES string of the molecule is CCCCC(C)(C(=O)O)c1ccccc1OC(C)=O. The number of ether oxygens (including phenoxy) is 1. The maximum absolute atomic E-state index is 11.6. The Morgan fingerprint density at radius 1 is 1.32 bits per heavy atom. The van der Waals surface area contributed by atoms with Gasteiger partial charge in [0.05, 0.1) is 5.41 Å². The fourth-order valence-corrected chi connectivity index (χ4v) is 2.05. The van der Waals surface area contributed by atoms with E-state index in [2.05, 4.69) is 0 Å². The molecule has 19 heavy (non-hydrogen) atoms. The van der Waals surface area contributed by atoms with E-state index in [1.165, 1.54) is 6.92 Å². The van der Waals surface area contributed by atoms with Crippen molar-refractivity contribution in [3.63, 3.8) is 0 Å². The molecule has 1 unspecified atom stereocenters. The van der Waals surface area contributed by atoms with Gasteiger partial charge in [0.2, 0.25) is 0 Å². The normalized spacial score (nSPS) is 13.6. The molecule has 0 heterocycles. The predicted molar refractivity (Wildman–Crippen MR) is 72.3 cm³/mol. The Balaban J connectivity index is 3.22. The molecule has 0 aliphatic carbocycles. The molecule has 0 saturated carbocycles. The van der Waals surface area contributed by atoms with Crippen LogP contribution in [0.1, 0.15) is 45.6 Å². The van der Waals surface area contributed by atoms with E-state index in [9.17, 15) is 14.7 Å². The summed E-state index contributed by atoms with van der Waals surface area (Å²) in [5.74, 6) is -1.02. The molecule has 0 fully saturated rings. The molecule has 1 aromatic rings. The van der Waals surface area contributed by atoms with Crippen molar-refractivity contribution in [2.45, 2.75) is 45.4 Å². The number of unbranched alkanes of at least 4 members (excludes halogenated alkanes) is 1. The lowest BCUT2D eigenvalue weighted by atomic mass is 9.78. The van der Waals surface area contributed by atoms with Gasteiger partial charge < -0.3 is 9.84 Å². The van der Waals surface area contributed by atoms with Crippen molar-refractivity contribution in [2.75, 3.05) is 0 Å².